The minimum Gasteiger partial charge on any atom is -0.334 e. The Morgan fingerprint density at radius 2 is 1.86 bits per heavy atom. The normalized spacial score (nSPS) is 12.0. The highest BCUT2D eigenvalue weighted by Crippen LogP contribution is 2.36. The largest absolute Gasteiger partial charge is 0.334 e. The lowest BCUT2D eigenvalue weighted by Crippen LogP contribution is -2.42. The molecule has 28 heavy (non-hydrogen) atoms. The number of hydrogen-bond acceptors (Lipinski definition) is 6. The predicted octanol–water partition coefficient (Wildman–Crippen LogP) is 4.12. The number of aryl methyl sites for hydroxylation is 3. The number of carbonyl (C=O) groups excluding carboxylic acids is 2. The molecule has 8 heteroatoms. The Balaban J connectivity index is 1.64. The molecule has 3 amide bonds. The van der Waals surface area contributed by atoms with Crippen LogP contribution in [0.5, 0.6) is 0 Å². The maximum absolute atomic E-state index is 12.4. The topological polar surface area (TPSA) is 84.0 Å². The van der Waals surface area contributed by atoms with E-state index in [1.54, 1.807) is 18.3 Å². The average molecular weight is 415 g/mol. The molecule has 0 saturated carbocycles. The standard InChI is InChI=1S/C20H22N4O2S2/c1-11-12(2)27-18-16(11)19(23-14(4)22-18)28-13(3)17(25)24-20(26)21-10-15-8-6-5-7-9-15/h5-9,13H,10H2,1-4H3,(H2,21,24,25,26)/t13-/m1/s1. The van der Waals surface area contributed by atoms with Crippen LogP contribution in [0.4, 0.5) is 4.79 Å². The van der Waals surface area contributed by atoms with Crippen molar-refractivity contribution in [2.45, 2.75) is 44.5 Å². The number of nitrogens with zero attached hydrogens (tertiary/aromatic N) is 2. The molecule has 146 valence electrons. The molecular formula is C20H22N4O2S2. The molecule has 1 atom stereocenters. The van der Waals surface area contributed by atoms with Crippen LogP contribution in [0.15, 0.2) is 35.4 Å². The summed E-state index contributed by atoms with van der Waals surface area (Å²) in [7, 11) is 0. The Kier molecular flexibility index (Phi) is 6.31. The quantitative estimate of drug-likeness (QED) is 0.485. The van der Waals surface area contributed by atoms with Crippen LogP contribution in [0.2, 0.25) is 0 Å². The van der Waals surface area contributed by atoms with Gasteiger partial charge in [0.05, 0.1) is 5.25 Å². The fourth-order valence-electron chi connectivity index (χ4n) is 2.66. The Bertz CT molecular complexity index is 1020. The van der Waals surface area contributed by atoms with E-state index in [4.69, 9.17) is 0 Å². The van der Waals surface area contributed by atoms with E-state index in [0.717, 1.165) is 26.4 Å². The molecular weight excluding hydrogens is 392 g/mol. The van der Waals surface area contributed by atoms with E-state index in [0.29, 0.717) is 12.4 Å². The molecule has 0 unspecified atom stereocenters. The molecule has 0 aliphatic heterocycles. The van der Waals surface area contributed by atoms with Crippen LogP contribution < -0.4 is 10.6 Å². The molecule has 0 aliphatic rings. The molecule has 0 spiro atoms. The van der Waals surface area contributed by atoms with Crippen LogP contribution in [-0.2, 0) is 11.3 Å². The average Bonchev–Trinajstić information content (AvgIpc) is 2.94. The zero-order valence-electron chi connectivity index (χ0n) is 16.2. The monoisotopic (exact) mass is 414 g/mol. The number of nitrogens with one attached hydrogen (secondary N) is 2. The number of thiophene rings is 1. The van der Waals surface area contributed by atoms with Gasteiger partial charge in [-0.2, -0.15) is 0 Å². The SMILES string of the molecule is Cc1nc(S[C@H](C)C(=O)NC(=O)NCc2ccccc2)c2c(C)c(C)sc2n1. The Morgan fingerprint density at radius 3 is 2.57 bits per heavy atom. The Morgan fingerprint density at radius 1 is 1.14 bits per heavy atom. The third-order valence-corrected chi connectivity index (χ3v) is 6.48. The second-order valence-corrected chi connectivity index (χ2v) is 8.99. The number of amides is 3. The van der Waals surface area contributed by atoms with Crippen molar-refractivity contribution in [1.82, 2.24) is 20.6 Å². The maximum atomic E-state index is 12.4. The third kappa shape index (κ3) is 4.69. The van der Waals surface area contributed by atoms with Gasteiger partial charge in [0.2, 0.25) is 5.91 Å². The summed E-state index contributed by atoms with van der Waals surface area (Å²) in [5.74, 6) is 0.314. The number of benzene rings is 1. The van der Waals surface area contributed by atoms with Crippen LogP contribution in [0.25, 0.3) is 10.2 Å². The molecule has 3 aromatic rings. The summed E-state index contributed by atoms with van der Waals surface area (Å²) in [4.78, 5) is 35.6. The number of rotatable bonds is 5. The van der Waals surface area contributed by atoms with E-state index in [2.05, 4.69) is 27.5 Å². The molecule has 0 radical (unpaired) electrons. The van der Waals surface area contributed by atoms with E-state index in [1.165, 1.54) is 16.6 Å². The minimum atomic E-state index is -0.507. The van der Waals surface area contributed by atoms with Gasteiger partial charge in [-0.3, -0.25) is 10.1 Å². The highest BCUT2D eigenvalue weighted by Gasteiger charge is 2.21. The van der Waals surface area contributed by atoms with E-state index in [9.17, 15) is 9.59 Å². The van der Waals surface area contributed by atoms with Gasteiger partial charge in [0, 0.05) is 16.8 Å². The van der Waals surface area contributed by atoms with Gasteiger partial charge in [-0.05, 0) is 38.8 Å². The van der Waals surface area contributed by atoms with Crippen molar-refractivity contribution >= 4 is 45.3 Å². The second-order valence-electron chi connectivity index (χ2n) is 6.46. The van der Waals surface area contributed by atoms with Crippen LogP contribution in [-0.4, -0.2) is 27.2 Å². The van der Waals surface area contributed by atoms with Crippen molar-refractivity contribution in [3.8, 4) is 0 Å². The zero-order valence-corrected chi connectivity index (χ0v) is 17.8. The molecule has 0 aliphatic carbocycles. The molecule has 3 rings (SSSR count). The van der Waals surface area contributed by atoms with Crippen LogP contribution in [0.1, 0.15) is 28.8 Å². The lowest BCUT2D eigenvalue weighted by Gasteiger charge is -2.13. The number of aromatic nitrogens is 2. The molecule has 2 heterocycles. The van der Waals surface area contributed by atoms with Gasteiger partial charge in [-0.15, -0.1) is 11.3 Å². The fourth-order valence-corrected chi connectivity index (χ4v) is 4.85. The van der Waals surface area contributed by atoms with Crippen LogP contribution in [0, 0.1) is 20.8 Å². The second kappa shape index (κ2) is 8.70. The summed E-state index contributed by atoms with van der Waals surface area (Å²) in [5, 5.41) is 6.39. The Labute approximate surface area is 172 Å². The van der Waals surface area contributed by atoms with E-state index >= 15 is 0 Å². The number of fused-ring (bicyclic) bond motifs is 1. The van der Waals surface area contributed by atoms with Crippen molar-refractivity contribution < 1.29 is 9.59 Å². The van der Waals surface area contributed by atoms with Gasteiger partial charge in [0.1, 0.15) is 15.7 Å². The highest BCUT2D eigenvalue weighted by atomic mass is 32.2. The first-order chi connectivity index (χ1) is 13.3. The number of hydrogen-bond donors (Lipinski definition) is 2. The summed E-state index contributed by atoms with van der Waals surface area (Å²) >= 11 is 2.97. The van der Waals surface area contributed by atoms with Crippen molar-refractivity contribution in [2.75, 3.05) is 0 Å². The van der Waals surface area contributed by atoms with E-state index < -0.39 is 11.3 Å². The molecule has 0 fully saturated rings. The van der Waals surface area contributed by atoms with Crippen LogP contribution in [0.3, 0.4) is 0 Å². The van der Waals surface area contributed by atoms with Crippen molar-refractivity contribution in [2.24, 2.45) is 0 Å². The minimum absolute atomic E-state index is 0.357. The van der Waals surface area contributed by atoms with Gasteiger partial charge in [-0.1, -0.05) is 42.1 Å². The molecule has 6 nitrogen and oxygen atoms in total. The molecule has 2 aromatic heterocycles. The van der Waals surface area contributed by atoms with Crippen molar-refractivity contribution in [3.05, 3.63) is 52.2 Å². The fraction of sp³-hybridized carbons (Fsp3) is 0.300. The third-order valence-electron chi connectivity index (χ3n) is 4.30. The van der Waals surface area contributed by atoms with E-state index in [1.807, 2.05) is 44.2 Å². The van der Waals surface area contributed by atoms with E-state index in [-0.39, 0.29) is 5.91 Å². The van der Waals surface area contributed by atoms with Gasteiger partial charge in [0.15, 0.2) is 0 Å². The summed E-state index contributed by atoms with van der Waals surface area (Å²) in [6.45, 7) is 8.07. The van der Waals surface area contributed by atoms with Crippen molar-refractivity contribution in [1.29, 1.82) is 0 Å². The lowest BCUT2D eigenvalue weighted by molar-refractivity contribution is -0.119. The number of imide groups is 1. The molecule has 0 saturated heterocycles. The lowest BCUT2D eigenvalue weighted by atomic mass is 10.2. The van der Waals surface area contributed by atoms with Gasteiger partial charge in [-0.25, -0.2) is 14.8 Å². The highest BCUT2D eigenvalue weighted by molar-refractivity contribution is 8.00. The summed E-state index contributed by atoms with van der Waals surface area (Å²) < 4.78 is 0. The first-order valence-electron chi connectivity index (χ1n) is 8.88. The first kappa shape index (κ1) is 20.3. The smallest absolute Gasteiger partial charge is 0.321 e. The number of carbonyl (C=O) groups is 2. The van der Waals surface area contributed by atoms with Gasteiger partial charge in [0.25, 0.3) is 0 Å². The predicted molar refractivity (Wildman–Crippen MR) is 114 cm³/mol. The van der Waals surface area contributed by atoms with Crippen molar-refractivity contribution in [3.63, 3.8) is 0 Å². The molecule has 2 N–H and O–H groups in total. The van der Waals surface area contributed by atoms with Crippen LogP contribution >= 0.6 is 23.1 Å². The Hall–Kier alpha value is -2.45. The molecule has 1 aromatic carbocycles. The summed E-state index contributed by atoms with van der Waals surface area (Å²) in [6.07, 6.45) is 0. The van der Waals surface area contributed by atoms with Gasteiger partial charge >= 0.3 is 6.03 Å². The number of urea groups is 1. The number of thioether (sulfide) groups is 1. The maximum Gasteiger partial charge on any atom is 0.321 e. The first-order valence-corrected chi connectivity index (χ1v) is 10.6. The summed E-state index contributed by atoms with van der Waals surface area (Å²) in [6, 6.07) is 9.03. The molecule has 0 bridgehead atoms. The van der Waals surface area contributed by atoms with Gasteiger partial charge < -0.3 is 5.32 Å². The summed E-state index contributed by atoms with van der Waals surface area (Å²) in [5.41, 5.74) is 2.10. The zero-order chi connectivity index (χ0) is 20.3.